The van der Waals surface area contributed by atoms with Crippen LogP contribution in [0.2, 0.25) is 0 Å². The van der Waals surface area contributed by atoms with Gasteiger partial charge in [-0.05, 0) is 0 Å². The first-order chi connectivity index (χ1) is 1.00. The fourth-order valence-electron chi connectivity index (χ4n) is 0. The van der Waals surface area contributed by atoms with E-state index in [0.717, 1.165) is 0 Å². The zero-order valence-electron chi connectivity index (χ0n) is 2.32. The molecular weight excluding hydrogens is 559 g/mol. The van der Waals surface area contributed by atoms with Gasteiger partial charge in [-0.1, -0.05) is 0 Å². The van der Waals surface area contributed by atoms with Gasteiger partial charge in [0.25, 0.3) is 0 Å². The largest absolute Gasteiger partial charge is 0.107 e. The van der Waals surface area contributed by atoms with Crippen molar-refractivity contribution in [3.8, 4) is 0 Å². The van der Waals surface area contributed by atoms with Crippen LogP contribution in [0.4, 0.5) is 0 Å². The number of rotatable bonds is 0. The number of hydrogen-bond donors (Lipinski definition) is 0. The molecule has 0 nitrogen and oxygen atoms in total. The third-order valence-corrected chi connectivity index (χ3v) is 0. The Morgan fingerprint density at radius 2 is 0.800 bits per heavy atom. The summed E-state index contributed by atoms with van der Waals surface area (Å²) in [6, 6.07) is 0. The average Bonchev–Trinajstić information content (AvgIpc) is 1.00. The maximum absolute atomic E-state index is 2.12. The molecule has 0 aliphatic carbocycles. The molecule has 2 radical (unpaired) electrons. The van der Waals surface area contributed by atoms with Crippen LogP contribution in [-0.4, -0.2) is 0 Å². The molecule has 0 aromatic carbocycles. The first kappa shape index (κ1) is 22.7. The Bertz CT molecular complexity index is 4.85. The summed E-state index contributed by atoms with van der Waals surface area (Å²) in [4.78, 5) is 0. The molecule has 0 fully saturated rings. The summed E-state index contributed by atoms with van der Waals surface area (Å²) in [5.41, 5.74) is 0. The van der Waals surface area contributed by atoms with Crippen LogP contribution in [0.15, 0.2) is 0 Å². The van der Waals surface area contributed by atoms with Gasteiger partial charge in [-0.3, -0.25) is 0 Å². The van der Waals surface area contributed by atoms with Crippen molar-refractivity contribution >= 4 is 61.2 Å². The van der Waals surface area contributed by atoms with Gasteiger partial charge < -0.3 is 0 Å². The average molecular weight is 560 g/mol. The van der Waals surface area contributed by atoms with Gasteiger partial charge >= 0.3 is 0 Å². The van der Waals surface area contributed by atoms with Crippen LogP contribution in [0, 0.1) is 0 Å². The molecule has 0 aromatic heterocycles. The SMILES string of the molecule is I.II.[Y].[Y]. The monoisotopic (exact) mass is 560 g/mol. The predicted octanol–water partition coefficient (Wildman–Crippen LogP) is 2.38. The molecule has 0 aliphatic heterocycles. The Hall–Kier alpha value is 4.40. The zero-order chi connectivity index (χ0) is 2.00. The fourth-order valence-corrected chi connectivity index (χ4v) is 0. The third-order valence-electron chi connectivity index (χ3n) is 0. The van der Waals surface area contributed by atoms with Crippen molar-refractivity contribution in [2.75, 3.05) is 0 Å². The van der Waals surface area contributed by atoms with Crippen molar-refractivity contribution in [3.05, 3.63) is 0 Å². The summed E-state index contributed by atoms with van der Waals surface area (Å²) in [5.74, 6) is 0. The van der Waals surface area contributed by atoms with Crippen LogP contribution in [0.3, 0.4) is 0 Å². The molecule has 0 saturated carbocycles. The molecule has 5 heavy (non-hydrogen) atoms. The van der Waals surface area contributed by atoms with E-state index in [-0.39, 0.29) is 89.4 Å². The molecule has 0 amide bonds. The quantitative estimate of drug-likeness (QED) is 0.400. The zero-order valence-corrected chi connectivity index (χ0v) is 14.6. The summed E-state index contributed by atoms with van der Waals surface area (Å²) < 4.78 is 0. The number of hydrogen-bond acceptors (Lipinski definition) is 0. The molecule has 0 saturated heterocycles. The Kier molecular flexibility index (Phi) is 108. The molecule has 0 aliphatic rings. The molecule has 28 valence electrons. The molecule has 5 heteroatoms. The minimum Gasteiger partial charge on any atom is -0.107 e. The second kappa shape index (κ2) is 23.8. The van der Waals surface area contributed by atoms with Gasteiger partial charge in [0.1, 0.15) is 0 Å². The second-order valence-corrected chi connectivity index (χ2v) is 0. The van der Waals surface area contributed by atoms with Gasteiger partial charge in [-0.15, -0.1) is 24.0 Å². The maximum Gasteiger partial charge on any atom is 0 e. The van der Waals surface area contributed by atoms with E-state index in [0.29, 0.717) is 0 Å². The Balaban J connectivity index is -0.00000000167. The third kappa shape index (κ3) is 17.8. The van der Waals surface area contributed by atoms with Gasteiger partial charge in [0.05, 0.1) is 0 Å². The van der Waals surface area contributed by atoms with E-state index in [1.54, 1.807) is 0 Å². The van der Waals surface area contributed by atoms with Gasteiger partial charge in [0, 0.05) is 103 Å². The smallest absolute Gasteiger partial charge is 0 e. The molecule has 0 rings (SSSR count). The van der Waals surface area contributed by atoms with E-state index < -0.39 is 0 Å². The van der Waals surface area contributed by atoms with Crippen molar-refractivity contribution < 1.29 is 65.4 Å². The van der Waals surface area contributed by atoms with E-state index in [2.05, 4.69) is 37.2 Å². The van der Waals surface area contributed by atoms with E-state index in [1.807, 2.05) is 0 Å². The number of halogens is 3. The maximum atomic E-state index is 2.12. The molecule has 0 bridgehead atoms. The first-order valence-corrected chi connectivity index (χ1v) is 6.43. The Morgan fingerprint density at radius 1 is 0.800 bits per heavy atom. The van der Waals surface area contributed by atoms with E-state index >= 15 is 0 Å². The normalized spacial score (nSPS) is 1.20. The molecular formula is HI3Y2. The van der Waals surface area contributed by atoms with Crippen molar-refractivity contribution in [3.63, 3.8) is 0 Å². The molecule has 0 atom stereocenters. The summed E-state index contributed by atoms with van der Waals surface area (Å²) in [7, 11) is 0. The standard InChI is InChI=1S/I2.HI.2Y/c1-2;;;/h;1H;;. The molecule has 0 aromatic rings. The summed E-state index contributed by atoms with van der Waals surface area (Å²) in [5, 5.41) is 0. The van der Waals surface area contributed by atoms with Gasteiger partial charge in [-0.25, -0.2) is 0 Å². The fraction of sp³-hybridized carbons (Fsp3) is 0. The molecule has 0 unspecified atom stereocenters. The van der Waals surface area contributed by atoms with Crippen LogP contribution in [0.1, 0.15) is 0 Å². The Morgan fingerprint density at radius 3 is 0.800 bits per heavy atom. The van der Waals surface area contributed by atoms with Crippen molar-refractivity contribution in [1.82, 2.24) is 0 Å². The minimum absolute atomic E-state index is 0. The predicted molar refractivity (Wildman–Crippen MR) is 43.5 cm³/mol. The topological polar surface area (TPSA) is 0 Å². The summed E-state index contributed by atoms with van der Waals surface area (Å²) in [6.45, 7) is 0. The van der Waals surface area contributed by atoms with Gasteiger partial charge in [0.2, 0.25) is 0 Å². The molecule has 0 heterocycles. The van der Waals surface area contributed by atoms with Crippen molar-refractivity contribution in [2.45, 2.75) is 0 Å². The van der Waals surface area contributed by atoms with Crippen molar-refractivity contribution in [1.29, 1.82) is 0 Å². The van der Waals surface area contributed by atoms with E-state index in [4.69, 9.17) is 0 Å². The van der Waals surface area contributed by atoms with Crippen LogP contribution in [0.5, 0.6) is 0 Å². The van der Waals surface area contributed by atoms with Crippen LogP contribution >= 0.6 is 61.2 Å². The summed E-state index contributed by atoms with van der Waals surface area (Å²) in [6.07, 6.45) is 0. The minimum atomic E-state index is 0. The first-order valence-electron chi connectivity index (χ1n) is 0.143. The van der Waals surface area contributed by atoms with Crippen LogP contribution < -0.4 is 0 Å². The van der Waals surface area contributed by atoms with Crippen molar-refractivity contribution in [2.24, 2.45) is 0 Å². The van der Waals surface area contributed by atoms with Crippen LogP contribution in [-0.2, 0) is 65.4 Å². The Labute approximate surface area is 123 Å². The van der Waals surface area contributed by atoms with E-state index in [9.17, 15) is 0 Å². The molecule has 0 spiro atoms. The van der Waals surface area contributed by atoms with Gasteiger partial charge in [0.15, 0.2) is 0 Å². The van der Waals surface area contributed by atoms with Gasteiger partial charge in [-0.2, -0.15) is 0 Å². The van der Waals surface area contributed by atoms with Crippen LogP contribution in [0.25, 0.3) is 0 Å². The molecule has 0 N–H and O–H groups in total. The summed E-state index contributed by atoms with van der Waals surface area (Å²) >= 11 is 4.24. The van der Waals surface area contributed by atoms with E-state index in [1.165, 1.54) is 0 Å². The second-order valence-electron chi connectivity index (χ2n) is 0.